The molecule has 0 aromatic heterocycles. The van der Waals surface area contributed by atoms with E-state index >= 15 is 0 Å². The fourth-order valence-electron chi connectivity index (χ4n) is 2.07. The van der Waals surface area contributed by atoms with Crippen LogP contribution in [-0.2, 0) is 9.53 Å². The lowest BCUT2D eigenvalue weighted by Gasteiger charge is -2.10. The van der Waals surface area contributed by atoms with Crippen molar-refractivity contribution in [2.75, 3.05) is 26.4 Å². The first-order valence-corrected chi connectivity index (χ1v) is 8.16. The van der Waals surface area contributed by atoms with Gasteiger partial charge >= 0.3 is 0 Å². The normalized spacial score (nSPS) is 10.6. The maximum atomic E-state index is 11.7. The van der Waals surface area contributed by atoms with E-state index in [0.717, 1.165) is 21.7 Å². The summed E-state index contributed by atoms with van der Waals surface area (Å²) in [6.45, 7) is 3.92. The molecule has 2 aromatic carbocycles. The first-order valence-electron chi connectivity index (χ1n) is 7.37. The lowest BCUT2D eigenvalue weighted by molar-refractivity contribution is -0.123. The first-order chi connectivity index (χ1) is 10.7. The molecule has 2 aromatic rings. The summed E-state index contributed by atoms with van der Waals surface area (Å²) >= 11 is 3.54. The zero-order valence-electron chi connectivity index (χ0n) is 12.6. The van der Waals surface area contributed by atoms with Crippen LogP contribution in [0.15, 0.2) is 40.9 Å². The van der Waals surface area contributed by atoms with Gasteiger partial charge < -0.3 is 14.8 Å². The molecule has 0 spiro atoms. The number of amides is 1. The fraction of sp³-hybridized carbons (Fsp3) is 0.353. The second-order valence-corrected chi connectivity index (χ2v) is 5.58. The molecule has 0 fully saturated rings. The van der Waals surface area contributed by atoms with Crippen LogP contribution < -0.4 is 10.1 Å². The van der Waals surface area contributed by atoms with E-state index in [9.17, 15) is 4.79 Å². The van der Waals surface area contributed by atoms with Gasteiger partial charge in [0, 0.05) is 19.8 Å². The van der Waals surface area contributed by atoms with Gasteiger partial charge in [0.25, 0.3) is 5.91 Å². The Hall–Kier alpha value is -1.59. The standard InChI is InChI=1S/C17H20BrNO3/c1-2-21-11-5-10-19-16(20)12-22-15-9-8-13-6-3-4-7-14(13)17(15)18/h3-4,6-9H,2,5,10-12H2,1H3,(H,19,20). The van der Waals surface area contributed by atoms with Crippen molar-refractivity contribution in [3.63, 3.8) is 0 Å². The van der Waals surface area contributed by atoms with Crippen molar-refractivity contribution in [2.45, 2.75) is 13.3 Å². The molecule has 0 aliphatic carbocycles. The van der Waals surface area contributed by atoms with Crippen molar-refractivity contribution in [2.24, 2.45) is 0 Å². The van der Waals surface area contributed by atoms with Crippen molar-refractivity contribution in [3.05, 3.63) is 40.9 Å². The number of halogens is 1. The van der Waals surface area contributed by atoms with Crippen molar-refractivity contribution in [1.29, 1.82) is 0 Å². The van der Waals surface area contributed by atoms with Crippen molar-refractivity contribution < 1.29 is 14.3 Å². The van der Waals surface area contributed by atoms with Gasteiger partial charge in [0.05, 0.1) is 4.47 Å². The molecule has 0 aliphatic heterocycles. The zero-order chi connectivity index (χ0) is 15.8. The molecular formula is C17H20BrNO3. The second kappa shape index (κ2) is 8.76. The van der Waals surface area contributed by atoms with Crippen molar-refractivity contribution >= 4 is 32.6 Å². The minimum atomic E-state index is -0.128. The van der Waals surface area contributed by atoms with Crippen LogP contribution in [0.25, 0.3) is 10.8 Å². The summed E-state index contributed by atoms with van der Waals surface area (Å²) in [5.41, 5.74) is 0. The van der Waals surface area contributed by atoms with Crippen LogP contribution in [0, 0.1) is 0 Å². The molecule has 22 heavy (non-hydrogen) atoms. The Morgan fingerprint density at radius 3 is 2.86 bits per heavy atom. The Balaban J connectivity index is 1.84. The monoisotopic (exact) mass is 365 g/mol. The molecule has 2 rings (SSSR count). The van der Waals surface area contributed by atoms with Gasteiger partial charge in [0.2, 0.25) is 0 Å². The van der Waals surface area contributed by atoms with E-state index < -0.39 is 0 Å². The number of nitrogens with one attached hydrogen (secondary N) is 1. The summed E-state index contributed by atoms with van der Waals surface area (Å²) in [6.07, 6.45) is 0.805. The van der Waals surface area contributed by atoms with Crippen LogP contribution in [0.2, 0.25) is 0 Å². The van der Waals surface area contributed by atoms with Gasteiger partial charge in [-0.2, -0.15) is 0 Å². The van der Waals surface area contributed by atoms with Gasteiger partial charge in [-0.15, -0.1) is 0 Å². The second-order valence-electron chi connectivity index (χ2n) is 4.79. The van der Waals surface area contributed by atoms with Gasteiger partial charge in [-0.05, 0) is 46.1 Å². The zero-order valence-corrected chi connectivity index (χ0v) is 14.2. The lowest BCUT2D eigenvalue weighted by atomic mass is 10.1. The molecule has 118 valence electrons. The average molecular weight is 366 g/mol. The van der Waals surface area contributed by atoms with Crippen LogP contribution in [0.3, 0.4) is 0 Å². The van der Waals surface area contributed by atoms with Crippen molar-refractivity contribution in [1.82, 2.24) is 5.32 Å². The SMILES string of the molecule is CCOCCCNC(=O)COc1ccc2ccccc2c1Br. The van der Waals surface area contributed by atoms with Crippen LogP contribution in [0.1, 0.15) is 13.3 Å². The van der Waals surface area contributed by atoms with E-state index in [1.54, 1.807) is 0 Å². The molecule has 4 nitrogen and oxygen atoms in total. The minimum absolute atomic E-state index is 0.00553. The molecule has 1 amide bonds. The Morgan fingerprint density at radius 1 is 1.23 bits per heavy atom. The molecule has 0 saturated carbocycles. The van der Waals surface area contributed by atoms with Crippen molar-refractivity contribution in [3.8, 4) is 5.75 Å². The third-order valence-electron chi connectivity index (χ3n) is 3.18. The fourth-order valence-corrected chi connectivity index (χ4v) is 2.67. The third kappa shape index (κ3) is 4.71. The number of carbonyl (C=O) groups excluding carboxylic acids is 1. The molecule has 0 aliphatic rings. The average Bonchev–Trinajstić information content (AvgIpc) is 2.54. The number of hydrogen-bond donors (Lipinski definition) is 1. The number of ether oxygens (including phenoxy) is 2. The number of hydrogen-bond acceptors (Lipinski definition) is 3. The summed E-state index contributed by atoms with van der Waals surface area (Å²) < 4.78 is 11.7. The molecule has 1 N–H and O–H groups in total. The third-order valence-corrected chi connectivity index (χ3v) is 4.00. The maximum Gasteiger partial charge on any atom is 0.257 e. The summed E-state index contributed by atoms with van der Waals surface area (Å²) in [7, 11) is 0. The molecule has 0 unspecified atom stereocenters. The summed E-state index contributed by atoms with van der Waals surface area (Å²) in [6, 6.07) is 11.9. The predicted molar refractivity (Wildman–Crippen MR) is 91.3 cm³/mol. The van der Waals surface area contributed by atoms with E-state index in [4.69, 9.17) is 9.47 Å². The van der Waals surface area contributed by atoms with E-state index in [-0.39, 0.29) is 12.5 Å². The van der Waals surface area contributed by atoms with Crippen LogP contribution in [0.4, 0.5) is 0 Å². The highest BCUT2D eigenvalue weighted by Crippen LogP contribution is 2.32. The Kier molecular flexibility index (Phi) is 6.68. The van der Waals surface area contributed by atoms with E-state index in [0.29, 0.717) is 25.5 Å². The predicted octanol–water partition coefficient (Wildman–Crippen LogP) is 3.52. The number of rotatable bonds is 8. The molecular weight excluding hydrogens is 346 g/mol. The van der Waals surface area contributed by atoms with Crippen LogP contribution >= 0.6 is 15.9 Å². The molecule has 0 atom stereocenters. The molecule has 0 radical (unpaired) electrons. The Morgan fingerprint density at radius 2 is 2.05 bits per heavy atom. The van der Waals surface area contributed by atoms with Gasteiger partial charge in [-0.3, -0.25) is 4.79 Å². The summed E-state index contributed by atoms with van der Waals surface area (Å²) in [5.74, 6) is 0.541. The summed E-state index contributed by atoms with van der Waals surface area (Å²) in [5, 5.41) is 5.00. The number of benzene rings is 2. The van der Waals surface area contributed by atoms with Gasteiger partial charge in [0.1, 0.15) is 5.75 Å². The van der Waals surface area contributed by atoms with E-state index in [1.165, 1.54) is 0 Å². The van der Waals surface area contributed by atoms with Gasteiger partial charge in [-0.25, -0.2) is 0 Å². The highest BCUT2D eigenvalue weighted by molar-refractivity contribution is 9.10. The number of fused-ring (bicyclic) bond motifs is 1. The van der Waals surface area contributed by atoms with Crippen LogP contribution in [-0.4, -0.2) is 32.3 Å². The van der Waals surface area contributed by atoms with Crippen LogP contribution in [0.5, 0.6) is 5.75 Å². The highest BCUT2D eigenvalue weighted by atomic mass is 79.9. The minimum Gasteiger partial charge on any atom is -0.483 e. The molecule has 0 saturated heterocycles. The van der Waals surface area contributed by atoms with E-state index in [2.05, 4.69) is 21.2 Å². The smallest absolute Gasteiger partial charge is 0.257 e. The summed E-state index contributed by atoms with van der Waals surface area (Å²) in [4.78, 5) is 11.7. The molecule has 0 heterocycles. The van der Waals surface area contributed by atoms with E-state index in [1.807, 2.05) is 43.3 Å². The van der Waals surface area contributed by atoms with Gasteiger partial charge in [-0.1, -0.05) is 30.3 Å². The Bertz CT molecular complexity index is 630. The molecule has 0 bridgehead atoms. The molecule has 5 heteroatoms. The topological polar surface area (TPSA) is 47.6 Å². The number of carbonyl (C=O) groups is 1. The van der Waals surface area contributed by atoms with Gasteiger partial charge in [0.15, 0.2) is 6.61 Å². The lowest BCUT2D eigenvalue weighted by Crippen LogP contribution is -2.30. The first kappa shape index (κ1) is 16.8. The maximum absolute atomic E-state index is 11.7. The largest absolute Gasteiger partial charge is 0.483 e. The highest BCUT2D eigenvalue weighted by Gasteiger charge is 2.08. The quantitative estimate of drug-likeness (QED) is 0.728. The Labute approximate surface area is 138 Å².